The number of hydrogen-bond acceptors (Lipinski definition) is 4. The number of thioether (sulfide) groups is 1. The Labute approximate surface area is 134 Å². The number of benzene rings is 1. The zero-order valence-corrected chi connectivity index (χ0v) is 14.1. The molecule has 1 aromatic heterocycles. The third kappa shape index (κ3) is 4.24. The van der Waals surface area contributed by atoms with Crippen molar-refractivity contribution in [3.8, 4) is 0 Å². The number of hydrogen-bond donors (Lipinski definition) is 2. The van der Waals surface area contributed by atoms with Crippen LogP contribution >= 0.6 is 11.8 Å². The molecular weight excluding hydrogens is 298 g/mol. The molecule has 1 heterocycles. The quantitative estimate of drug-likeness (QED) is 0.830. The van der Waals surface area contributed by atoms with Crippen LogP contribution in [0.4, 0.5) is 10.7 Å². The van der Waals surface area contributed by atoms with Gasteiger partial charge >= 0.3 is 6.03 Å². The molecule has 1 aromatic carbocycles. The smallest absolute Gasteiger partial charge is 0.321 e. The molecule has 118 valence electrons. The van der Waals surface area contributed by atoms with Gasteiger partial charge in [0.05, 0.1) is 0 Å². The van der Waals surface area contributed by atoms with E-state index in [2.05, 4.69) is 26.8 Å². The molecule has 0 aliphatic carbocycles. The largest absolute Gasteiger partial charge is 0.334 e. The number of carbonyl (C=O) groups excluding carboxylic acids is 1. The summed E-state index contributed by atoms with van der Waals surface area (Å²) in [6.45, 7) is 6.36. The van der Waals surface area contributed by atoms with E-state index in [4.69, 9.17) is 0 Å². The first kappa shape index (κ1) is 16.4. The van der Waals surface area contributed by atoms with E-state index in [9.17, 15) is 4.79 Å². The Morgan fingerprint density at radius 1 is 1.41 bits per heavy atom. The molecule has 0 spiro atoms. The van der Waals surface area contributed by atoms with Gasteiger partial charge in [-0.15, -0.1) is 16.9 Å². The molecule has 6 nitrogen and oxygen atoms in total. The Morgan fingerprint density at radius 2 is 2.18 bits per heavy atom. The van der Waals surface area contributed by atoms with Crippen molar-refractivity contribution in [2.45, 2.75) is 38.3 Å². The highest BCUT2D eigenvalue weighted by molar-refractivity contribution is 7.98. The first-order chi connectivity index (χ1) is 10.5. The van der Waals surface area contributed by atoms with Crippen molar-refractivity contribution in [3.05, 3.63) is 35.7 Å². The van der Waals surface area contributed by atoms with Crippen molar-refractivity contribution in [1.29, 1.82) is 0 Å². The minimum atomic E-state index is -0.310. The van der Waals surface area contributed by atoms with Gasteiger partial charge in [-0.3, -0.25) is 5.32 Å². The van der Waals surface area contributed by atoms with Gasteiger partial charge in [-0.25, -0.2) is 9.48 Å². The fraction of sp³-hybridized carbons (Fsp3) is 0.400. The molecule has 0 unspecified atom stereocenters. The van der Waals surface area contributed by atoms with E-state index in [0.29, 0.717) is 12.5 Å². The number of urea groups is 1. The summed E-state index contributed by atoms with van der Waals surface area (Å²) >= 11 is 1.68. The van der Waals surface area contributed by atoms with Crippen LogP contribution in [-0.4, -0.2) is 27.1 Å². The van der Waals surface area contributed by atoms with Gasteiger partial charge in [0.25, 0.3) is 0 Å². The fourth-order valence-corrected chi connectivity index (χ4v) is 2.54. The van der Waals surface area contributed by atoms with Crippen LogP contribution in [0.1, 0.15) is 31.3 Å². The molecule has 0 bridgehead atoms. The van der Waals surface area contributed by atoms with Crippen molar-refractivity contribution < 1.29 is 4.79 Å². The molecule has 0 radical (unpaired) electrons. The topological polar surface area (TPSA) is 71.8 Å². The van der Waals surface area contributed by atoms with Gasteiger partial charge in [-0.1, -0.05) is 12.1 Å². The van der Waals surface area contributed by atoms with Crippen LogP contribution in [0.25, 0.3) is 0 Å². The second-order valence-electron chi connectivity index (χ2n) is 5.18. The Kier molecular flexibility index (Phi) is 5.43. The van der Waals surface area contributed by atoms with E-state index in [1.54, 1.807) is 16.4 Å². The number of aromatic nitrogens is 3. The minimum Gasteiger partial charge on any atom is -0.334 e. The Hall–Kier alpha value is -2.02. The van der Waals surface area contributed by atoms with Crippen LogP contribution < -0.4 is 10.6 Å². The highest BCUT2D eigenvalue weighted by Gasteiger charge is 2.11. The third-order valence-corrected chi connectivity index (χ3v) is 3.83. The van der Waals surface area contributed by atoms with Crippen molar-refractivity contribution >= 4 is 23.7 Å². The lowest BCUT2D eigenvalue weighted by atomic mass is 10.2. The van der Waals surface area contributed by atoms with Crippen LogP contribution in [0.15, 0.2) is 29.2 Å². The number of carbonyl (C=O) groups is 1. The molecule has 0 saturated heterocycles. The second kappa shape index (κ2) is 7.31. The molecule has 0 fully saturated rings. The van der Waals surface area contributed by atoms with Crippen LogP contribution in [-0.2, 0) is 6.54 Å². The molecule has 2 amide bonds. The average molecular weight is 319 g/mol. The first-order valence-electron chi connectivity index (χ1n) is 7.10. The standard InChI is InChI=1S/C15H21N5OS/c1-10(2)20-11(3)17-14(19-20)18-15(21)16-9-12-6-5-7-13(8-12)22-4/h5-8,10H,9H2,1-4H3,(H2,16,18,19,21). The van der Waals surface area contributed by atoms with Gasteiger partial charge < -0.3 is 5.32 Å². The SMILES string of the molecule is CSc1cccc(CNC(=O)Nc2nc(C)n(C(C)C)n2)c1. The summed E-state index contributed by atoms with van der Waals surface area (Å²) in [6, 6.07) is 7.96. The number of rotatable bonds is 5. The number of nitrogens with one attached hydrogen (secondary N) is 2. The maximum Gasteiger partial charge on any atom is 0.321 e. The molecule has 7 heteroatoms. The van der Waals surface area contributed by atoms with Crippen molar-refractivity contribution in [2.75, 3.05) is 11.6 Å². The van der Waals surface area contributed by atoms with Gasteiger partial charge in [-0.05, 0) is 44.7 Å². The highest BCUT2D eigenvalue weighted by Crippen LogP contribution is 2.15. The Morgan fingerprint density at radius 3 is 2.82 bits per heavy atom. The van der Waals surface area contributed by atoms with Gasteiger partial charge in [0.15, 0.2) is 0 Å². The average Bonchev–Trinajstić information content (AvgIpc) is 2.86. The second-order valence-corrected chi connectivity index (χ2v) is 6.06. The van der Waals surface area contributed by atoms with Crippen LogP contribution in [0.5, 0.6) is 0 Å². The Bertz CT molecular complexity index is 653. The number of nitrogens with zero attached hydrogens (tertiary/aromatic N) is 3. The van der Waals surface area contributed by atoms with E-state index in [1.165, 1.54) is 4.90 Å². The monoisotopic (exact) mass is 319 g/mol. The summed E-state index contributed by atoms with van der Waals surface area (Å²) < 4.78 is 1.78. The van der Waals surface area contributed by atoms with E-state index >= 15 is 0 Å². The highest BCUT2D eigenvalue weighted by atomic mass is 32.2. The third-order valence-electron chi connectivity index (χ3n) is 3.10. The maximum absolute atomic E-state index is 11.9. The molecule has 0 atom stereocenters. The summed E-state index contributed by atoms with van der Waals surface area (Å²) in [7, 11) is 0. The molecular formula is C15H21N5OS. The zero-order valence-electron chi connectivity index (χ0n) is 13.3. The zero-order chi connectivity index (χ0) is 16.1. The molecule has 22 heavy (non-hydrogen) atoms. The van der Waals surface area contributed by atoms with E-state index < -0.39 is 0 Å². The van der Waals surface area contributed by atoms with Crippen molar-refractivity contribution in [1.82, 2.24) is 20.1 Å². The van der Waals surface area contributed by atoms with Gasteiger partial charge in [-0.2, -0.15) is 4.98 Å². The number of anilines is 1. The summed E-state index contributed by atoms with van der Waals surface area (Å²) in [6.07, 6.45) is 2.03. The van der Waals surface area contributed by atoms with Crippen molar-refractivity contribution in [2.24, 2.45) is 0 Å². The lowest BCUT2D eigenvalue weighted by molar-refractivity contribution is 0.251. The number of amides is 2. The fourth-order valence-electron chi connectivity index (χ4n) is 2.05. The lowest BCUT2D eigenvalue weighted by Crippen LogP contribution is -2.28. The van der Waals surface area contributed by atoms with E-state index in [-0.39, 0.29) is 12.1 Å². The predicted molar refractivity (Wildman–Crippen MR) is 89.2 cm³/mol. The minimum absolute atomic E-state index is 0.209. The maximum atomic E-state index is 11.9. The molecule has 2 aromatic rings. The van der Waals surface area contributed by atoms with Gasteiger partial charge in [0.1, 0.15) is 5.82 Å². The predicted octanol–water partition coefficient (Wildman–Crippen LogP) is 3.21. The molecule has 0 aliphatic rings. The lowest BCUT2D eigenvalue weighted by Gasteiger charge is -2.07. The number of aryl methyl sites for hydroxylation is 1. The summed E-state index contributed by atoms with van der Waals surface area (Å²) in [5.41, 5.74) is 1.05. The van der Waals surface area contributed by atoms with Crippen LogP contribution in [0.3, 0.4) is 0 Å². The van der Waals surface area contributed by atoms with Gasteiger partial charge in [0, 0.05) is 17.5 Å². The van der Waals surface area contributed by atoms with Gasteiger partial charge in [0.2, 0.25) is 5.95 Å². The normalized spacial score (nSPS) is 10.8. The first-order valence-corrected chi connectivity index (χ1v) is 8.33. The molecule has 2 rings (SSSR count). The summed E-state index contributed by atoms with van der Waals surface area (Å²) in [5, 5.41) is 9.73. The summed E-state index contributed by atoms with van der Waals surface area (Å²) in [4.78, 5) is 17.3. The molecule has 0 saturated carbocycles. The van der Waals surface area contributed by atoms with Crippen molar-refractivity contribution in [3.63, 3.8) is 0 Å². The Balaban J connectivity index is 1.91. The molecule has 0 aliphatic heterocycles. The van der Waals surface area contributed by atoms with E-state index in [1.807, 2.05) is 45.2 Å². The molecule has 2 N–H and O–H groups in total. The summed E-state index contributed by atoms with van der Waals surface area (Å²) in [5.74, 6) is 1.10. The van der Waals surface area contributed by atoms with Crippen LogP contribution in [0.2, 0.25) is 0 Å². The van der Waals surface area contributed by atoms with E-state index in [0.717, 1.165) is 11.4 Å². The van der Waals surface area contributed by atoms with Crippen LogP contribution in [0, 0.1) is 6.92 Å².